The van der Waals surface area contributed by atoms with Crippen molar-refractivity contribution in [2.45, 2.75) is 13.0 Å². The Labute approximate surface area is 101 Å². The van der Waals surface area contributed by atoms with Gasteiger partial charge in [0, 0.05) is 24.4 Å². The second-order valence-corrected chi connectivity index (χ2v) is 4.10. The number of benzene rings is 1. The molecule has 0 aliphatic carbocycles. The number of nitrogens with two attached hydrogens (primary N) is 1. The fourth-order valence-electron chi connectivity index (χ4n) is 1.85. The summed E-state index contributed by atoms with van der Waals surface area (Å²) in [7, 11) is 0. The van der Waals surface area contributed by atoms with Crippen LogP contribution in [0.1, 0.15) is 12.0 Å². The highest BCUT2D eigenvalue weighted by Crippen LogP contribution is 2.09. The molecule has 0 saturated carbocycles. The second kappa shape index (κ2) is 5.50. The first-order valence-electron chi connectivity index (χ1n) is 5.77. The van der Waals surface area contributed by atoms with Crippen LogP contribution in [0.3, 0.4) is 0 Å². The molecule has 0 radical (unpaired) electrons. The summed E-state index contributed by atoms with van der Waals surface area (Å²) < 4.78 is 0. The minimum Gasteiger partial charge on any atom is -0.401 e. The molecule has 90 valence electrons. The van der Waals surface area contributed by atoms with Gasteiger partial charge >= 0.3 is 0 Å². The molecule has 1 aromatic rings. The van der Waals surface area contributed by atoms with Gasteiger partial charge in [-0.2, -0.15) is 0 Å². The molecule has 4 heteroatoms. The molecule has 0 fully saturated rings. The Kier molecular flexibility index (Phi) is 3.77. The van der Waals surface area contributed by atoms with E-state index in [4.69, 9.17) is 5.73 Å². The van der Waals surface area contributed by atoms with Crippen LogP contribution < -0.4 is 16.4 Å². The van der Waals surface area contributed by atoms with Gasteiger partial charge in [0.25, 0.3) is 0 Å². The number of nitrogens with one attached hydrogen (secondary N) is 2. The van der Waals surface area contributed by atoms with Gasteiger partial charge in [-0.3, -0.25) is 4.79 Å². The monoisotopic (exact) mass is 231 g/mol. The number of rotatable bonds is 3. The summed E-state index contributed by atoms with van der Waals surface area (Å²) in [6.45, 7) is 1.97. The fourth-order valence-corrected chi connectivity index (χ4v) is 1.85. The van der Waals surface area contributed by atoms with Crippen LogP contribution in [0.5, 0.6) is 0 Å². The van der Waals surface area contributed by atoms with E-state index in [9.17, 15) is 4.79 Å². The third kappa shape index (κ3) is 3.07. The first kappa shape index (κ1) is 11.7. The van der Waals surface area contributed by atoms with E-state index in [0.717, 1.165) is 17.7 Å². The van der Waals surface area contributed by atoms with Crippen LogP contribution in [0.25, 0.3) is 0 Å². The summed E-state index contributed by atoms with van der Waals surface area (Å²) >= 11 is 0. The van der Waals surface area contributed by atoms with Crippen LogP contribution in [0.15, 0.2) is 41.6 Å². The van der Waals surface area contributed by atoms with Crippen molar-refractivity contribution in [2.75, 3.05) is 13.1 Å². The Morgan fingerprint density at radius 3 is 2.82 bits per heavy atom. The Bertz CT molecular complexity index is 426. The van der Waals surface area contributed by atoms with Crippen LogP contribution in [0, 0.1) is 0 Å². The molecule has 1 aliphatic rings. The molecule has 4 nitrogen and oxygen atoms in total. The first-order chi connectivity index (χ1) is 8.27. The molecule has 1 aromatic carbocycles. The number of carbonyl (C=O) groups is 1. The van der Waals surface area contributed by atoms with Crippen molar-refractivity contribution in [1.29, 1.82) is 0 Å². The van der Waals surface area contributed by atoms with E-state index < -0.39 is 0 Å². The normalized spacial score (nSPS) is 15.8. The van der Waals surface area contributed by atoms with Crippen molar-refractivity contribution in [3.63, 3.8) is 0 Å². The smallest absolute Gasteiger partial charge is 0.249 e. The summed E-state index contributed by atoms with van der Waals surface area (Å²) in [5.41, 5.74) is 8.27. The lowest BCUT2D eigenvalue weighted by atomic mass is 10.1. The summed E-state index contributed by atoms with van der Waals surface area (Å²) in [6, 6.07) is 9.85. The van der Waals surface area contributed by atoms with Crippen molar-refractivity contribution in [2.24, 2.45) is 5.73 Å². The zero-order valence-corrected chi connectivity index (χ0v) is 9.70. The topological polar surface area (TPSA) is 67.2 Å². The van der Waals surface area contributed by atoms with Gasteiger partial charge in [0.05, 0.1) is 0 Å². The van der Waals surface area contributed by atoms with Gasteiger partial charge in [0.1, 0.15) is 0 Å². The van der Waals surface area contributed by atoms with Gasteiger partial charge in [-0.25, -0.2) is 0 Å². The van der Waals surface area contributed by atoms with Crippen molar-refractivity contribution >= 4 is 5.91 Å². The molecule has 17 heavy (non-hydrogen) atoms. The van der Waals surface area contributed by atoms with E-state index in [2.05, 4.69) is 10.6 Å². The van der Waals surface area contributed by atoms with Gasteiger partial charge in [0.2, 0.25) is 5.91 Å². The molecule has 2 rings (SSSR count). The Morgan fingerprint density at radius 1 is 1.35 bits per heavy atom. The van der Waals surface area contributed by atoms with Gasteiger partial charge < -0.3 is 16.4 Å². The molecular formula is C13H17N3O. The van der Waals surface area contributed by atoms with E-state index in [1.807, 2.05) is 30.3 Å². The summed E-state index contributed by atoms with van der Waals surface area (Å²) in [6.07, 6.45) is 0.701. The average molecular weight is 231 g/mol. The predicted octanol–water partition coefficient (Wildman–Crippen LogP) is 0.509. The lowest BCUT2D eigenvalue weighted by molar-refractivity contribution is -0.117. The van der Waals surface area contributed by atoms with Crippen LogP contribution in [-0.4, -0.2) is 19.0 Å². The Balaban J connectivity index is 1.94. The molecule has 0 saturated heterocycles. The van der Waals surface area contributed by atoms with Gasteiger partial charge in [-0.05, 0) is 18.5 Å². The molecular weight excluding hydrogens is 214 g/mol. The highest BCUT2D eigenvalue weighted by molar-refractivity contribution is 5.94. The van der Waals surface area contributed by atoms with Crippen molar-refractivity contribution in [1.82, 2.24) is 10.6 Å². The molecule has 1 amide bonds. The standard InChI is InChI=1S/C13H17N3O/c14-12-9-15-7-6-11(12)13(17)16-8-10-4-2-1-3-5-10/h1-5,15H,6-9,14H2,(H,16,17). The molecule has 0 aromatic heterocycles. The number of hydrogen-bond acceptors (Lipinski definition) is 3. The molecule has 0 spiro atoms. The quantitative estimate of drug-likeness (QED) is 0.710. The zero-order chi connectivity index (χ0) is 12.1. The van der Waals surface area contributed by atoms with Crippen LogP contribution in [0.4, 0.5) is 0 Å². The second-order valence-electron chi connectivity index (χ2n) is 4.10. The van der Waals surface area contributed by atoms with Crippen molar-refractivity contribution in [3.05, 3.63) is 47.2 Å². The van der Waals surface area contributed by atoms with E-state index in [-0.39, 0.29) is 5.91 Å². The maximum Gasteiger partial charge on any atom is 0.249 e. The maximum atomic E-state index is 11.9. The molecule has 0 bridgehead atoms. The average Bonchev–Trinajstić information content (AvgIpc) is 2.38. The van der Waals surface area contributed by atoms with Crippen LogP contribution in [-0.2, 0) is 11.3 Å². The van der Waals surface area contributed by atoms with Gasteiger partial charge in [0.15, 0.2) is 0 Å². The van der Waals surface area contributed by atoms with Crippen molar-refractivity contribution in [3.8, 4) is 0 Å². The van der Waals surface area contributed by atoms with E-state index in [0.29, 0.717) is 25.2 Å². The maximum absolute atomic E-state index is 11.9. The Hall–Kier alpha value is -1.81. The largest absolute Gasteiger partial charge is 0.401 e. The lowest BCUT2D eigenvalue weighted by Gasteiger charge is -2.18. The summed E-state index contributed by atoms with van der Waals surface area (Å²) in [5.74, 6) is -0.0483. The van der Waals surface area contributed by atoms with Crippen molar-refractivity contribution < 1.29 is 4.79 Å². The molecule has 1 aliphatic heterocycles. The van der Waals surface area contributed by atoms with Gasteiger partial charge in [-0.15, -0.1) is 0 Å². The van der Waals surface area contributed by atoms with Crippen LogP contribution in [0.2, 0.25) is 0 Å². The zero-order valence-electron chi connectivity index (χ0n) is 9.70. The Morgan fingerprint density at radius 2 is 2.12 bits per heavy atom. The number of carbonyl (C=O) groups excluding carboxylic acids is 1. The summed E-state index contributed by atoms with van der Waals surface area (Å²) in [5, 5.41) is 6.02. The highest BCUT2D eigenvalue weighted by atomic mass is 16.1. The minimum absolute atomic E-state index is 0.0483. The number of hydrogen-bond donors (Lipinski definition) is 3. The minimum atomic E-state index is -0.0483. The summed E-state index contributed by atoms with van der Waals surface area (Å²) in [4.78, 5) is 11.9. The third-order valence-corrected chi connectivity index (χ3v) is 2.82. The molecule has 4 N–H and O–H groups in total. The number of amides is 1. The van der Waals surface area contributed by atoms with E-state index >= 15 is 0 Å². The van der Waals surface area contributed by atoms with E-state index in [1.54, 1.807) is 0 Å². The SMILES string of the molecule is NC1=C(C(=O)NCc2ccccc2)CCNC1. The van der Waals surface area contributed by atoms with Gasteiger partial charge in [-0.1, -0.05) is 30.3 Å². The predicted molar refractivity (Wildman–Crippen MR) is 67.0 cm³/mol. The third-order valence-electron chi connectivity index (χ3n) is 2.82. The molecule has 1 heterocycles. The lowest BCUT2D eigenvalue weighted by Crippen LogP contribution is -2.35. The van der Waals surface area contributed by atoms with E-state index in [1.165, 1.54) is 0 Å². The van der Waals surface area contributed by atoms with Crippen LogP contribution >= 0.6 is 0 Å². The highest BCUT2D eigenvalue weighted by Gasteiger charge is 2.16. The molecule has 0 atom stereocenters. The fraction of sp³-hybridized carbons (Fsp3) is 0.308. The molecule has 0 unspecified atom stereocenters. The first-order valence-corrected chi connectivity index (χ1v) is 5.77.